The number of anilines is 1. The van der Waals surface area contributed by atoms with E-state index < -0.39 is 0 Å². The number of hydrogen-bond acceptors (Lipinski definition) is 3. The first kappa shape index (κ1) is 16.1. The minimum absolute atomic E-state index is 0.218. The van der Waals surface area contributed by atoms with Gasteiger partial charge in [0.05, 0.1) is 18.7 Å². The lowest BCUT2D eigenvalue weighted by Crippen LogP contribution is -2.29. The van der Waals surface area contributed by atoms with Crippen molar-refractivity contribution in [1.82, 2.24) is 0 Å². The van der Waals surface area contributed by atoms with Crippen molar-refractivity contribution in [2.24, 2.45) is 5.92 Å². The zero-order chi connectivity index (χ0) is 18.4. The molecule has 0 amide bonds. The molecule has 1 aliphatic carbocycles. The van der Waals surface area contributed by atoms with Gasteiger partial charge in [0.2, 0.25) is 0 Å². The van der Waals surface area contributed by atoms with E-state index in [1.54, 1.807) is 0 Å². The normalized spacial score (nSPS) is 22.8. The van der Waals surface area contributed by atoms with Crippen LogP contribution >= 0.6 is 0 Å². The predicted molar refractivity (Wildman–Crippen MR) is 108 cm³/mol. The summed E-state index contributed by atoms with van der Waals surface area (Å²) in [5.74, 6) is 0.619. The Morgan fingerprint density at radius 3 is 2.67 bits per heavy atom. The van der Waals surface area contributed by atoms with Crippen LogP contribution in [0.25, 0.3) is 10.8 Å². The number of carbonyl (C=O) groups is 1. The maximum Gasteiger partial charge on any atom is 0.337 e. The average Bonchev–Trinajstić information content (AvgIpc) is 3.22. The Kier molecular flexibility index (Phi) is 3.75. The number of fused-ring (bicyclic) bond motifs is 5. The minimum Gasteiger partial charge on any atom is -0.465 e. The largest absolute Gasteiger partial charge is 0.465 e. The molecular weight excluding hydrogens is 334 g/mol. The van der Waals surface area contributed by atoms with E-state index in [9.17, 15) is 4.79 Å². The van der Waals surface area contributed by atoms with Gasteiger partial charge < -0.3 is 10.1 Å². The molecule has 1 N–H and O–H groups in total. The molecule has 2 aliphatic rings. The number of rotatable bonds is 2. The highest BCUT2D eigenvalue weighted by molar-refractivity contribution is 5.96. The first-order chi connectivity index (χ1) is 13.3. The third-order valence-electron chi connectivity index (χ3n) is 5.95. The first-order valence-corrected chi connectivity index (χ1v) is 9.39. The van der Waals surface area contributed by atoms with Crippen molar-refractivity contribution >= 4 is 22.4 Å². The van der Waals surface area contributed by atoms with Crippen molar-refractivity contribution in [1.29, 1.82) is 0 Å². The van der Waals surface area contributed by atoms with Crippen LogP contribution in [0.4, 0.5) is 5.69 Å². The van der Waals surface area contributed by atoms with E-state index in [0.717, 1.165) is 6.42 Å². The van der Waals surface area contributed by atoms with Gasteiger partial charge in [-0.05, 0) is 41.0 Å². The zero-order valence-corrected chi connectivity index (χ0v) is 15.2. The van der Waals surface area contributed by atoms with Gasteiger partial charge >= 0.3 is 5.97 Å². The van der Waals surface area contributed by atoms with Gasteiger partial charge in [0.25, 0.3) is 0 Å². The molecule has 3 aromatic rings. The Labute approximate surface area is 158 Å². The molecule has 0 saturated heterocycles. The van der Waals surface area contributed by atoms with Crippen LogP contribution in [0.5, 0.6) is 0 Å². The van der Waals surface area contributed by atoms with Crippen molar-refractivity contribution in [3.05, 3.63) is 89.5 Å². The standard InChI is InChI=1S/C24H21NO2/c1-27-24(26)17-11-9-16(10-12-17)22-20-8-4-7-19(20)21-14-13-15-5-2-3-6-18(15)23(21)25-22/h2-7,9-14,19-20,22,25H,8H2,1H3. The number of carbonyl (C=O) groups excluding carboxylic acids is 1. The molecule has 134 valence electrons. The molecule has 0 fully saturated rings. The Hall–Kier alpha value is -3.07. The van der Waals surface area contributed by atoms with Crippen LogP contribution in [0.2, 0.25) is 0 Å². The molecule has 3 unspecified atom stereocenters. The van der Waals surface area contributed by atoms with Crippen LogP contribution in [0.15, 0.2) is 72.8 Å². The Bertz CT molecular complexity index is 1050. The molecule has 0 bridgehead atoms. The predicted octanol–water partition coefficient (Wildman–Crippen LogP) is 5.45. The number of allylic oxidation sites excluding steroid dienone is 2. The molecule has 5 rings (SSSR count). The molecule has 0 spiro atoms. The Morgan fingerprint density at radius 1 is 1.04 bits per heavy atom. The van der Waals surface area contributed by atoms with Crippen LogP contribution in [-0.2, 0) is 4.74 Å². The quantitative estimate of drug-likeness (QED) is 0.490. The van der Waals surface area contributed by atoms with Crippen LogP contribution in [0.1, 0.15) is 39.9 Å². The smallest absolute Gasteiger partial charge is 0.337 e. The lowest BCUT2D eigenvalue weighted by Gasteiger charge is -2.38. The minimum atomic E-state index is -0.296. The highest BCUT2D eigenvalue weighted by Crippen LogP contribution is 2.51. The van der Waals surface area contributed by atoms with E-state index in [4.69, 9.17) is 4.74 Å². The van der Waals surface area contributed by atoms with Crippen LogP contribution in [0, 0.1) is 5.92 Å². The Balaban J connectivity index is 1.59. The first-order valence-electron chi connectivity index (χ1n) is 9.39. The lowest BCUT2D eigenvalue weighted by atomic mass is 9.76. The molecule has 27 heavy (non-hydrogen) atoms. The van der Waals surface area contributed by atoms with Crippen molar-refractivity contribution in [2.75, 3.05) is 12.4 Å². The fraction of sp³-hybridized carbons (Fsp3) is 0.208. The van der Waals surface area contributed by atoms with E-state index in [0.29, 0.717) is 17.4 Å². The average molecular weight is 355 g/mol. The summed E-state index contributed by atoms with van der Waals surface area (Å²) in [6, 6.07) is 21.1. The maximum absolute atomic E-state index is 11.7. The summed E-state index contributed by atoms with van der Waals surface area (Å²) in [6.07, 6.45) is 5.72. The van der Waals surface area contributed by atoms with Gasteiger partial charge in [-0.1, -0.05) is 60.7 Å². The van der Waals surface area contributed by atoms with Gasteiger partial charge in [-0.15, -0.1) is 0 Å². The molecule has 1 heterocycles. The molecule has 3 aromatic carbocycles. The van der Waals surface area contributed by atoms with Crippen molar-refractivity contribution < 1.29 is 9.53 Å². The number of benzene rings is 3. The summed E-state index contributed by atoms with van der Waals surface area (Å²) in [5.41, 5.74) is 4.42. The SMILES string of the molecule is COC(=O)c1ccc(C2Nc3c(ccc4ccccc34)C3C=CCC32)cc1. The van der Waals surface area contributed by atoms with Gasteiger partial charge in [0.1, 0.15) is 0 Å². The summed E-state index contributed by atoms with van der Waals surface area (Å²) in [5, 5.41) is 6.36. The molecule has 0 radical (unpaired) electrons. The third-order valence-corrected chi connectivity index (χ3v) is 5.95. The highest BCUT2D eigenvalue weighted by atomic mass is 16.5. The summed E-state index contributed by atoms with van der Waals surface area (Å²) in [6.45, 7) is 0. The summed E-state index contributed by atoms with van der Waals surface area (Å²) < 4.78 is 4.82. The summed E-state index contributed by atoms with van der Waals surface area (Å²) in [4.78, 5) is 11.7. The topological polar surface area (TPSA) is 38.3 Å². The van der Waals surface area contributed by atoms with Crippen LogP contribution < -0.4 is 5.32 Å². The number of ether oxygens (including phenoxy) is 1. The van der Waals surface area contributed by atoms with Crippen molar-refractivity contribution in [2.45, 2.75) is 18.4 Å². The van der Waals surface area contributed by atoms with E-state index in [-0.39, 0.29) is 12.0 Å². The second-order valence-electron chi connectivity index (χ2n) is 7.34. The number of hydrogen-bond donors (Lipinski definition) is 1. The van der Waals surface area contributed by atoms with Gasteiger partial charge in [-0.25, -0.2) is 4.79 Å². The monoisotopic (exact) mass is 355 g/mol. The second-order valence-corrected chi connectivity index (χ2v) is 7.34. The number of esters is 1. The zero-order valence-electron chi connectivity index (χ0n) is 15.2. The van der Waals surface area contributed by atoms with Crippen molar-refractivity contribution in [3.63, 3.8) is 0 Å². The fourth-order valence-corrected chi connectivity index (χ4v) is 4.61. The third kappa shape index (κ3) is 2.54. The van der Waals surface area contributed by atoms with Gasteiger partial charge in [0.15, 0.2) is 0 Å². The van der Waals surface area contributed by atoms with E-state index in [2.05, 4.69) is 66.0 Å². The van der Waals surface area contributed by atoms with Crippen LogP contribution in [0.3, 0.4) is 0 Å². The second kappa shape index (κ2) is 6.27. The van der Waals surface area contributed by atoms with Gasteiger partial charge in [-0.3, -0.25) is 0 Å². The van der Waals surface area contributed by atoms with Crippen LogP contribution in [-0.4, -0.2) is 13.1 Å². The van der Waals surface area contributed by atoms with E-state index >= 15 is 0 Å². The molecule has 3 nitrogen and oxygen atoms in total. The molecular formula is C24H21NO2. The maximum atomic E-state index is 11.7. The fourth-order valence-electron chi connectivity index (χ4n) is 4.61. The summed E-state index contributed by atoms with van der Waals surface area (Å²) in [7, 11) is 1.41. The van der Waals surface area contributed by atoms with Gasteiger partial charge in [-0.2, -0.15) is 0 Å². The molecule has 3 atom stereocenters. The molecule has 0 saturated carbocycles. The van der Waals surface area contributed by atoms with E-state index in [1.165, 1.54) is 34.7 Å². The Morgan fingerprint density at radius 2 is 1.85 bits per heavy atom. The number of methoxy groups -OCH3 is 1. The van der Waals surface area contributed by atoms with Crippen molar-refractivity contribution in [3.8, 4) is 0 Å². The highest BCUT2D eigenvalue weighted by Gasteiger charge is 2.38. The van der Waals surface area contributed by atoms with E-state index in [1.807, 2.05) is 12.1 Å². The molecule has 1 aliphatic heterocycles. The lowest BCUT2D eigenvalue weighted by molar-refractivity contribution is 0.0600. The summed E-state index contributed by atoms with van der Waals surface area (Å²) >= 11 is 0. The molecule has 0 aromatic heterocycles. The van der Waals surface area contributed by atoms with Gasteiger partial charge in [0, 0.05) is 17.0 Å². The number of nitrogens with one attached hydrogen (secondary N) is 1. The molecule has 3 heteroatoms.